The number of hydrogen-bond acceptors (Lipinski definition) is 6. The fourth-order valence-corrected chi connectivity index (χ4v) is 1.21. The van der Waals surface area contributed by atoms with Crippen LogP contribution in [0.5, 0.6) is 23.0 Å². The molecule has 0 fully saturated rings. The Morgan fingerprint density at radius 2 is 1.65 bits per heavy atom. The first-order valence-electron chi connectivity index (χ1n) is 4.75. The van der Waals surface area contributed by atoms with E-state index in [-0.39, 0.29) is 22.8 Å². The molecule has 0 radical (unpaired) electrons. The third kappa shape index (κ3) is 2.87. The van der Waals surface area contributed by atoms with Crippen molar-refractivity contribution in [3.63, 3.8) is 0 Å². The van der Waals surface area contributed by atoms with Crippen molar-refractivity contribution in [2.45, 2.75) is 20.8 Å². The van der Waals surface area contributed by atoms with Crippen LogP contribution in [0.2, 0.25) is 0 Å². The van der Waals surface area contributed by atoms with E-state index < -0.39 is 17.7 Å². The van der Waals surface area contributed by atoms with Gasteiger partial charge in [-0.3, -0.25) is 9.59 Å². The molecule has 1 rings (SSSR count). The Kier molecular flexibility index (Phi) is 3.57. The van der Waals surface area contributed by atoms with E-state index in [4.69, 9.17) is 4.74 Å². The number of rotatable bonds is 2. The van der Waals surface area contributed by atoms with E-state index in [0.29, 0.717) is 0 Å². The average molecular weight is 240 g/mol. The second-order valence-corrected chi connectivity index (χ2v) is 3.38. The molecule has 0 heterocycles. The fraction of sp³-hybridized carbons (Fsp3) is 0.273. The van der Waals surface area contributed by atoms with Crippen molar-refractivity contribution in [1.82, 2.24) is 0 Å². The van der Waals surface area contributed by atoms with Crippen molar-refractivity contribution in [2.24, 2.45) is 0 Å². The predicted octanol–water partition coefficient (Wildman–Crippen LogP) is 1.26. The number of ether oxygens (including phenoxy) is 2. The van der Waals surface area contributed by atoms with E-state index >= 15 is 0 Å². The van der Waals surface area contributed by atoms with Gasteiger partial charge in [-0.1, -0.05) is 0 Å². The molecule has 2 N–H and O–H groups in total. The number of phenols is 2. The van der Waals surface area contributed by atoms with Crippen molar-refractivity contribution in [2.75, 3.05) is 0 Å². The Bertz CT molecular complexity index is 477. The SMILES string of the molecule is CC(=O)Oc1cc(O)c(C)c(OC(C)=O)c1O. The van der Waals surface area contributed by atoms with Crippen LogP contribution in [0, 0.1) is 6.92 Å². The summed E-state index contributed by atoms with van der Waals surface area (Å²) in [5, 5.41) is 19.3. The van der Waals surface area contributed by atoms with E-state index in [0.717, 1.165) is 19.9 Å². The summed E-state index contributed by atoms with van der Waals surface area (Å²) in [6.45, 7) is 3.74. The van der Waals surface area contributed by atoms with E-state index in [1.165, 1.54) is 6.92 Å². The van der Waals surface area contributed by atoms with E-state index in [2.05, 4.69) is 4.74 Å². The van der Waals surface area contributed by atoms with Crippen molar-refractivity contribution >= 4 is 11.9 Å². The summed E-state index contributed by atoms with van der Waals surface area (Å²) < 4.78 is 9.40. The number of aromatic hydroxyl groups is 2. The summed E-state index contributed by atoms with van der Waals surface area (Å²) in [4.78, 5) is 21.6. The molecule has 0 saturated heterocycles. The summed E-state index contributed by atoms with van der Waals surface area (Å²) >= 11 is 0. The van der Waals surface area contributed by atoms with Gasteiger partial charge in [-0.25, -0.2) is 0 Å². The van der Waals surface area contributed by atoms with Crippen LogP contribution in [-0.2, 0) is 9.59 Å². The molecule has 0 spiro atoms. The monoisotopic (exact) mass is 240 g/mol. The first kappa shape index (κ1) is 12.8. The third-order valence-electron chi connectivity index (χ3n) is 1.94. The molecular formula is C11H12O6. The molecule has 6 nitrogen and oxygen atoms in total. The smallest absolute Gasteiger partial charge is 0.308 e. The molecule has 0 aromatic heterocycles. The molecule has 17 heavy (non-hydrogen) atoms. The number of hydrogen-bond donors (Lipinski definition) is 2. The number of carbonyl (C=O) groups excluding carboxylic acids is 2. The molecule has 0 aliphatic heterocycles. The molecule has 0 unspecified atom stereocenters. The second-order valence-electron chi connectivity index (χ2n) is 3.38. The van der Waals surface area contributed by atoms with Gasteiger partial charge in [-0.15, -0.1) is 0 Å². The Morgan fingerprint density at radius 1 is 1.12 bits per heavy atom. The molecule has 1 aromatic rings. The summed E-state index contributed by atoms with van der Waals surface area (Å²) in [6.07, 6.45) is 0. The molecule has 0 amide bonds. The minimum absolute atomic E-state index is 0.175. The van der Waals surface area contributed by atoms with Gasteiger partial charge in [0.25, 0.3) is 0 Å². The van der Waals surface area contributed by atoms with Crippen LogP contribution in [0.1, 0.15) is 19.4 Å². The molecule has 0 saturated carbocycles. The maximum absolute atomic E-state index is 10.8. The zero-order valence-corrected chi connectivity index (χ0v) is 9.60. The minimum Gasteiger partial charge on any atom is -0.507 e. The summed E-state index contributed by atoms with van der Waals surface area (Å²) in [6, 6.07) is 1.07. The topological polar surface area (TPSA) is 93.1 Å². The Hall–Kier alpha value is -2.24. The van der Waals surface area contributed by atoms with Crippen molar-refractivity contribution < 1.29 is 29.3 Å². The molecular weight excluding hydrogens is 228 g/mol. The highest BCUT2D eigenvalue weighted by atomic mass is 16.6. The number of phenolic OH excluding ortho intramolecular Hbond substituents is 2. The van der Waals surface area contributed by atoms with Crippen LogP contribution < -0.4 is 9.47 Å². The van der Waals surface area contributed by atoms with Crippen molar-refractivity contribution in [3.8, 4) is 23.0 Å². The van der Waals surface area contributed by atoms with Crippen LogP contribution >= 0.6 is 0 Å². The molecule has 0 aliphatic carbocycles. The van der Waals surface area contributed by atoms with Gasteiger partial charge < -0.3 is 19.7 Å². The summed E-state index contributed by atoms with van der Waals surface area (Å²) in [7, 11) is 0. The van der Waals surface area contributed by atoms with Crippen LogP contribution in [-0.4, -0.2) is 22.2 Å². The zero-order valence-electron chi connectivity index (χ0n) is 9.60. The van der Waals surface area contributed by atoms with Gasteiger partial charge >= 0.3 is 11.9 Å². The lowest BCUT2D eigenvalue weighted by atomic mass is 10.1. The van der Waals surface area contributed by atoms with E-state index in [9.17, 15) is 19.8 Å². The van der Waals surface area contributed by atoms with Gasteiger partial charge in [0.2, 0.25) is 5.75 Å². The quantitative estimate of drug-likeness (QED) is 0.459. The molecule has 6 heteroatoms. The third-order valence-corrected chi connectivity index (χ3v) is 1.94. The molecule has 0 atom stereocenters. The highest BCUT2D eigenvalue weighted by molar-refractivity contribution is 5.75. The van der Waals surface area contributed by atoms with Crippen LogP contribution in [0.15, 0.2) is 6.07 Å². The summed E-state index contributed by atoms with van der Waals surface area (Å²) in [5.74, 6) is -2.59. The van der Waals surface area contributed by atoms with Gasteiger partial charge in [-0.05, 0) is 6.92 Å². The van der Waals surface area contributed by atoms with Gasteiger partial charge in [-0.2, -0.15) is 0 Å². The predicted molar refractivity (Wildman–Crippen MR) is 57.1 cm³/mol. The molecule has 92 valence electrons. The van der Waals surface area contributed by atoms with Gasteiger partial charge in [0.05, 0.1) is 0 Å². The minimum atomic E-state index is -0.669. The normalized spacial score (nSPS) is 9.82. The Balaban J connectivity index is 3.31. The average Bonchev–Trinajstić information content (AvgIpc) is 2.20. The van der Waals surface area contributed by atoms with Crippen LogP contribution in [0.3, 0.4) is 0 Å². The highest BCUT2D eigenvalue weighted by Crippen LogP contribution is 2.43. The molecule has 1 aromatic carbocycles. The standard InChI is InChI=1S/C11H12O6/c1-5-8(14)4-9(16-6(2)12)10(15)11(5)17-7(3)13/h4,14-15H,1-3H3. The fourth-order valence-electron chi connectivity index (χ4n) is 1.21. The number of esters is 2. The summed E-state index contributed by atoms with van der Waals surface area (Å²) in [5.41, 5.74) is 0.175. The zero-order chi connectivity index (χ0) is 13.2. The van der Waals surface area contributed by atoms with Crippen molar-refractivity contribution in [3.05, 3.63) is 11.6 Å². The van der Waals surface area contributed by atoms with Crippen LogP contribution in [0.25, 0.3) is 0 Å². The molecule has 0 aliphatic rings. The highest BCUT2D eigenvalue weighted by Gasteiger charge is 2.19. The molecule has 0 bridgehead atoms. The lowest BCUT2D eigenvalue weighted by molar-refractivity contribution is -0.132. The van der Waals surface area contributed by atoms with Gasteiger partial charge in [0, 0.05) is 25.5 Å². The van der Waals surface area contributed by atoms with E-state index in [1.54, 1.807) is 0 Å². The van der Waals surface area contributed by atoms with Gasteiger partial charge in [0.1, 0.15) is 5.75 Å². The van der Waals surface area contributed by atoms with Crippen molar-refractivity contribution in [1.29, 1.82) is 0 Å². The first-order valence-corrected chi connectivity index (χ1v) is 4.75. The lowest BCUT2D eigenvalue weighted by Gasteiger charge is -2.12. The number of benzene rings is 1. The lowest BCUT2D eigenvalue weighted by Crippen LogP contribution is -2.06. The Labute approximate surface area is 97.4 Å². The van der Waals surface area contributed by atoms with E-state index in [1.807, 2.05) is 0 Å². The maximum atomic E-state index is 10.8. The van der Waals surface area contributed by atoms with Crippen LogP contribution in [0.4, 0.5) is 0 Å². The second kappa shape index (κ2) is 4.73. The largest absolute Gasteiger partial charge is 0.507 e. The Morgan fingerprint density at radius 3 is 2.12 bits per heavy atom. The first-order chi connectivity index (χ1) is 7.82. The van der Waals surface area contributed by atoms with Gasteiger partial charge in [0.15, 0.2) is 11.5 Å². The number of carbonyl (C=O) groups is 2. The maximum Gasteiger partial charge on any atom is 0.308 e.